The van der Waals surface area contributed by atoms with Crippen LogP contribution in [0.1, 0.15) is 16.8 Å². The van der Waals surface area contributed by atoms with E-state index in [0.29, 0.717) is 42.5 Å². The maximum absolute atomic E-state index is 13.5. The third kappa shape index (κ3) is 4.59. The van der Waals surface area contributed by atoms with Gasteiger partial charge in [0.25, 0.3) is 5.56 Å². The first-order valence-electron chi connectivity index (χ1n) is 11.1. The van der Waals surface area contributed by atoms with Crippen LogP contribution in [0.5, 0.6) is 0 Å². The first kappa shape index (κ1) is 22.9. The van der Waals surface area contributed by atoms with Gasteiger partial charge in [0.15, 0.2) is 5.82 Å². The lowest BCUT2D eigenvalue weighted by Gasteiger charge is -2.21. The van der Waals surface area contributed by atoms with Gasteiger partial charge in [-0.3, -0.25) is 9.59 Å². The van der Waals surface area contributed by atoms with Crippen LogP contribution >= 0.6 is 0 Å². The molecule has 0 aliphatic heterocycles. The molecule has 34 heavy (non-hydrogen) atoms. The summed E-state index contributed by atoms with van der Waals surface area (Å²) in [5.74, 6) is 0.729. The molecule has 0 fully saturated rings. The van der Waals surface area contributed by atoms with Crippen LogP contribution in [0.15, 0.2) is 90.8 Å². The smallest absolute Gasteiger partial charge is 0.279 e. The summed E-state index contributed by atoms with van der Waals surface area (Å²) in [4.78, 5) is 32.9. The number of carbonyl (C=O) groups excluding carboxylic acids is 1. The molecule has 0 spiro atoms. The zero-order valence-electron chi connectivity index (χ0n) is 19.2. The van der Waals surface area contributed by atoms with E-state index >= 15 is 0 Å². The van der Waals surface area contributed by atoms with E-state index in [1.54, 1.807) is 17.1 Å². The lowest BCUT2D eigenvalue weighted by molar-refractivity contribution is -0.129. The first-order valence-corrected chi connectivity index (χ1v) is 11.1. The van der Waals surface area contributed by atoms with Crippen LogP contribution < -0.4 is 5.56 Å². The molecule has 7 nitrogen and oxygen atoms in total. The first-order chi connectivity index (χ1) is 16.5. The second-order valence-corrected chi connectivity index (χ2v) is 8.01. The molecule has 172 valence electrons. The lowest BCUT2D eigenvalue weighted by atomic mass is 10.1. The molecule has 2 aromatic carbocycles. The summed E-state index contributed by atoms with van der Waals surface area (Å²) in [6, 6.07) is 19.5. The summed E-state index contributed by atoms with van der Waals surface area (Å²) in [6.45, 7) is 10.6. The molecule has 0 radical (unpaired) electrons. The number of hydrogen-bond donors (Lipinski definition) is 0. The molecule has 0 aliphatic carbocycles. The molecule has 0 saturated heterocycles. The van der Waals surface area contributed by atoms with Crippen LogP contribution in [0.25, 0.3) is 17.2 Å². The monoisotopic (exact) mass is 453 g/mol. The zero-order chi connectivity index (χ0) is 24.1. The third-order valence-electron chi connectivity index (χ3n) is 5.72. The van der Waals surface area contributed by atoms with Gasteiger partial charge in [0, 0.05) is 29.9 Å². The highest BCUT2D eigenvalue weighted by molar-refractivity contribution is 5.79. The molecule has 1 amide bonds. The van der Waals surface area contributed by atoms with Crippen molar-refractivity contribution in [2.45, 2.75) is 19.9 Å². The Labute approximate surface area is 198 Å². The van der Waals surface area contributed by atoms with Gasteiger partial charge in [-0.25, -0.2) is 0 Å². The van der Waals surface area contributed by atoms with Gasteiger partial charge in [-0.2, -0.15) is 9.50 Å². The molecular weight excluding hydrogens is 426 g/mol. The molecule has 4 aromatic rings. The number of benzene rings is 2. The highest BCUT2D eigenvalue weighted by Gasteiger charge is 2.22. The quantitative estimate of drug-likeness (QED) is 0.363. The Balaban J connectivity index is 1.87. The standard InChI is InChI=1S/C27H27N5O2/c1-4-16-30(17-5-2)24(33)18-23-20(3)31(19-21-12-8-6-9-13-21)27-28-25(29-32(27)26(23)34)22-14-10-7-11-15-22/h4-15H,1-2,16-19H2,3H3. The summed E-state index contributed by atoms with van der Waals surface area (Å²) >= 11 is 0. The fourth-order valence-electron chi connectivity index (χ4n) is 3.93. The maximum atomic E-state index is 13.5. The topological polar surface area (TPSA) is 72.5 Å². The van der Waals surface area contributed by atoms with Gasteiger partial charge in [0.2, 0.25) is 11.7 Å². The molecule has 0 unspecified atom stereocenters. The Morgan fingerprint density at radius 3 is 2.24 bits per heavy atom. The molecule has 4 rings (SSSR count). The molecule has 7 heteroatoms. The maximum Gasteiger partial charge on any atom is 0.279 e. The minimum absolute atomic E-state index is 0.0440. The van der Waals surface area contributed by atoms with Crippen molar-refractivity contribution < 1.29 is 4.79 Å². The van der Waals surface area contributed by atoms with E-state index in [9.17, 15) is 9.59 Å². The van der Waals surface area contributed by atoms with Crippen molar-refractivity contribution in [1.29, 1.82) is 0 Å². The number of aromatic nitrogens is 4. The van der Waals surface area contributed by atoms with E-state index in [1.807, 2.05) is 72.2 Å². The van der Waals surface area contributed by atoms with Crippen molar-refractivity contribution in [3.05, 3.63) is 113 Å². The van der Waals surface area contributed by atoms with Crippen LogP contribution in [0.4, 0.5) is 0 Å². The Bertz CT molecular complexity index is 1380. The molecule has 0 saturated carbocycles. The van der Waals surface area contributed by atoms with Crippen molar-refractivity contribution in [2.75, 3.05) is 13.1 Å². The number of fused-ring (bicyclic) bond motifs is 1. The van der Waals surface area contributed by atoms with Crippen molar-refractivity contribution in [2.24, 2.45) is 0 Å². The van der Waals surface area contributed by atoms with E-state index in [-0.39, 0.29) is 17.9 Å². The van der Waals surface area contributed by atoms with Crippen LogP contribution in [0.2, 0.25) is 0 Å². The van der Waals surface area contributed by atoms with Crippen LogP contribution in [-0.4, -0.2) is 43.1 Å². The molecule has 0 N–H and O–H groups in total. The SMILES string of the molecule is C=CCN(CC=C)C(=O)Cc1c(C)n(Cc2ccccc2)c2nc(-c3ccccc3)nn2c1=O. The van der Waals surface area contributed by atoms with Crippen LogP contribution in [0.3, 0.4) is 0 Å². The number of nitrogens with zero attached hydrogens (tertiary/aromatic N) is 5. The summed E-state index contributed by atoms with van der Waals surface area (Å²) in [7, 11) is 0. The highest BCUT2D eigenvalue weighted by atomic mass is 16.2. The highest BCUT2D eigenvalue weighted by Crippen LogP contribution is 2.18. The summed E-state index contributed by atoms with van der Waals surface area (Å²) < 4.78 is 3.26. The van der Waals surface area contributed by atoms with Gasteiger partial charge < -0.3 is 9.47 Å². The molecule has 2 heterocycles. The molecule has 0 aliphatic rings. The van der Waals surface area contributed by atoms with Crippen LogP contribution in [-0.2, 0) is 17.8 Å². The third-order valence-corrected chi connectivity index (χ3v) is 5.72. The predicted molar refractivity (Wildman–Crippen MR) is 134 cm³/mol. The van der Waals surface area contributed by atoms with Gasteiger partial charge in [0.05, 0.1) is 13.0 Å². The minimum Gasteiger partial charge on any atom is -0.335 e. The number of rotatable bonds is 9. The van der Waals surface area contributed by atoms with Gasteiger partial charge in [0.1, 0.15) is 0 Å². The van der Waals surface area contributed by atoms with E-state index in [2.05, 4.69) is 18.3 Å². The number of amides is 1. The zero-order valence-corrected chi connectivity index (χ0v) is 19.2. The van der Waals surface area contributed by atoms with Crippen molar-refractivity contribution in [3.8, 4) is 11.4 Å². The minimum atomic E-state index is -0.336. The molecule has 0 atom stereocenters. The van der Waals surface area contributed by atoms with Gasteiger partial charge in [-0.05, 0) is 12.5 Å². The molecular formula is C27H27N5O2. The van der Waals surface area contributed by atoms with E-state index in [4.69, 9.17) is 4.98 Å². The summed E-state index contributed by atoms with van der Waals surface area (Å²) in [5, 5.41) is 4.53. The van der Waals surface area contributed by atoms with Crippen LogP contribution in [0, 0.1) is 6.92 Å². The van der Waals surface area contributed by atoms with Gasteiger partial charge in [-0.15, -0.1) is 18.3 Å². The fraction of sp³-hybridized carbons (Fsp3) is 0.185. The van der Waals surface area contributed by atoms with Crippen molar-refractivity contribution >= 4 is 11.7 Å². The number of hydrogen-bond acceptors (Lipinski definition) is 4. The average molecular weight is 454 g/mol. The Kier molecular flexibility index (Phi) is 6.82. The van der Waals surface area contributed by atoms with Gasteiger partial charge >= 0.3 is 0 Å². The Morgan fingerprint density at radius 1 is 1.00 bits per heavy atom. The second-order valence-electron chi connectivity index (χ2n) is 8.01. The van der Waals surface area contributed by atoms with E-state index in [1.165, 1.54) is 4.52 Å². The normalized spacial score (nSPS) is 10.9. The van der Waals surface area contributed by atoms with Crippen molar-refractivity contribution in [3.63, 3.8) is 0 Å². The molecule has 2 aromatic heterocycles. The van der Waals surface area contributed by atoms with Gasteiger partial charge in [-0.1, -0.05) is 72.8 Å². The fourth-order valence-corrected chi connectivity index (χ4v) is 3.93. The van der Waals surface area contributed by atoms with Crippen molar-refractivity contribution in [1.82, 2.24) is 24.1 Å². The average Bonchev–Trinajstić information content (AvgIpc) is 3.31. The summed E-state index contributed by atoms with van der Waals surface area (Å²) in [5.41, 5.74) is 2.62. The number of carbonyl (C=O) groups is 1. The molecule has 0 bridgehead atoms. The van der Waals surface area contributed by atoms with E-state index in [0.717, 1.165) is 11.1 Å². The Hall–Kier alpha value is -4.26. The second kappa shape index (κ2) is 10.1. The predicted octanol–water partition coefficient (Wildman–Crippen LogP) is 3.66. The lowest BCUT2D eigenvalue weighted by Crippen LogP contribution is -2.36. The largest absolute Gasteiger partial charge is 0.335 e. The Morgan fingerprint density at radius 2 is 1.62 bits per heavy atom. The summed E-state index contributed by atoms with van der Waals surface area (Å²) in [6.07, 6.45) is 3.28. The van der Waals surface area contributed by atoms with E-state index < -0.39 is 0 Å².